The standard InChI is InChI=1S/C17H20FNO2/c1-12-3-5-15(18)10-14(12)11-21-17-9-13(7-8-19)4-6-16(17)20-2/h3-6,9-10H,7-8,11,19H2,1-2H3. The highest BCUT2D eigenvalue weighted by atomic mass is 19.1. The molecule has 0 aromatic heterocycles. The second-order valence-corrected chi connectivity index (χ2v) is 4.88. The van der Waals surface area contributed by atoms with Gasteiger partial charge in [0.15, 0.2) is 11.5 Å². The van der Waals surface area contributed by atoms with Crippen LogP contribution in [0.4, 0.5) is 4.39 Å². The number of benzene rings is 2. The fraction of sp³-hybridized carbons (Fsp3) is 0.294. The number of hydrogen-bond donors (Lipinski definition) is 1. The summed E-state index contributed by atoms with van der Waals surface area (Å²) in [5.41, 5.74) is 8.47. The molecule has 2 aromatic carbocycles. The van der Waals surface area contributed by atoms with E-state index >= 15 is 0 Å². The second-order valence-electron chi connectivity index (χ2n) is 4.88. The van der Waals surface area contributed by atoms with Crippen LogP contribution >= 0.6 is 0 Å². The van der Waals surface area contributed by atoms with Crippen molar-refractivity contribution in [2.24, 2.45) is 5.73 Å². The van der Waals surface area contributed by atoms with Crippen LogP contribution in [-0.2, 0) is 13.0 Å². The van der Waals surface area contributed by atoms with Gasteiger partial charge in [0.05, 0.1) is 7.11 Å². The highest BCUT2D eigenvalue weighted by Crippen LogP contribution is 2.29. The molecule has 4 heteroatoms. The minimum absolute atomic E-state index is 0.261. The third kappa shape index (κ3) is 3.95. The lowest BCUT2D eigenvalue weighted by Crippen LogP contribution is -2.04. The van der Waals surface area contributed by atoms with Crippen LogP contribution in [-0.4, -0.2) is 13.7 Å². The molecule has 0 amide bonds. The molecule has 0 fully saturated rings. The van der Waals surface area contributed by atoms with E-state index in [2.05, 4.69) is 0 Å². The Morgan fingerprint density at radius 2 is 1.90 bits per heavy atom. The summed E-state index contributed by atoms with van der Waals surface area (Å²) < 4.78 is 24.4. The van der Waals surface area contributed by atoms with E-state index < -0.39 is 0 Å². The van der Waals surface area contributed by atoms with Gasteiger partial charge in [-0.15, -0.1) is 0 Å². The molecule has 3 nitrogen and oxygen atoms in total. The average molecular weight is 289 g/mol. The van der Waals surface area contributed by atoms with Crippen molar-refractivity contribution in [2.75, 3.05) is 13.7 Å². The zero-order chi connectivity index (χ0) is 15.2. The Hall–Kier alpha value is -2.07. The van der Waals surface area contributed by atoms with Gasteiger partial charge in [-0.05, 0) is 60.8 Å². The third-order valence-corrected chi connectivity index (χ3v) is 3.36. The molecular formula is C17H20FNO2. The maximum atomic E-state index is 13.3. The van der Waals surface area contributed by atoms with Crippen LogP contribution in [0.15, 0.2) is 36.4 Å². The number of halogens is 1. The van der Waals surface area contributed by atoms with Crippen molar-refractivity contribution in [2.45, 2.75) is 20.0 Å². The molecule has 2 rings (SSSR count). The quantitative estimate of drug-likeness (QED) is 0.888. The molecule has 0 bridgehead atoms. The summed E-state index contributed by atoms with van der Waals surface area (Å²) in [4.78, 5) is 0. The highest BCUT2D eigenvalue weighted by molar-refractivity contribution is 5.43. The summed E-state index contributed by atoms with van der Waals surface area (Å²) in [5.74, 6) is 1.04. The predicted octanol–water partition coefficient (Wildman–Crippen LogP) is 3.22. The zero-order valence-electron chi connectivity index (χ0n) is 12.4. The molecule has 0 radical (unpaired) electrons. The first-order valence-corrected chi connectivity index (χ1v) is 6.89. The lowest BCUT2D eigenvalue weighted by molar-refractivity contribution is 0.283. The zero-order valence-corrected chi connectivity index (χ0v) is 12.4. The average Bonchev–Trinajstić information content (AvgIpc) is 2.49. The Kier molecular flexibility index (Phi) is 5.17. The molecule has 112 valence electrons. The maximum Gasteiger partial charge on any atom is 0.161 e. The van der Waals surface area contributed by atoms with Gasteiger partial charge in [-0.25, -0.2) is 4.39 Å². The van der Waals surface area contributed by atoms with Crippen molar-refractivity contribution in [1.29, 1.82) is 0 Å². The van der Waals surface area contributed by atoms with E-state index in [9.17, 15) is 4.39 Å². The molecule has 0 unspecified atom stereocenters. The third-order valence-electron chi connectivity index (χ3n) is 3.36. The monoisotopic (exact) mass is 289 g/mol. The van der Waals surface area contributed by atoms with Crippen LogP contribution in [0.1, 0.15) is 16.7 Å². The molecule has 0 atom stereocenters. The molecule has 0 saturated heterocycles. The summed E-state index contributed by atoms with van der Waals surface area (Å²) in [5, 5.41) is 0. The minimum Gasteiger partial charge on any atom is -0.493 e. The van der Waals surface area contributed by atoms with Gasteiger partial charge in [0.25, 0.3) is 0 Å². The van der Waals surface area contributed by atoms with E-state index in [1.165, 1.54) is 12.1 Å². The van der Waals surface area contributed by atoms with Gasteiger partial charge in [0.1, 0.15) is 12.4 Å². The summed E-state index contributed by atoms with van der Waals surface area (Å²) in [7, 11) is 1.60. The summed E-state index contributed by atoms with van der Waals surface area (Å²) in [6.45, 7) is 2.81. The van der Waals surface area contributed by atoms with Crippen LogP contribution in [0.25, 0.3) is 0 Å². The first kappa shape index (κ1) is 15.3. The van der Waals surface area contributed by atoms with Crippen molar-refractivity contribution in [3.05, 3.63) is 58.9 Å². The lowest BCUT2D eigenvalue weighted by Gasteiger charge is -2.13. The Morgan fingerprint density at radius 1 is 1.10 bits per heavy atom. The van der Waals surface area contributed by atoms with Crippen molar-refractivity contribution in [1.82, 2.24) is 0 Å². The largest absolute Gasteiger partial charge is 0.493 e. The van der Waals surface area contributed by atoms with Crippen molar-refractivity contribution < 1.29 is 13.9 Å². The Bertz CT molecular complexity index is 614. The molecule has 0 aliphatic heterocycles. The Labute approximate surface area is 124 Å². The number of rotatable bonds is 6. The fourth-order valence-corrected chi connectivity index (χ4v) is 2.11. The molecule has 0 heterocycles. The normalized spacial score (nSPS) is 10.5. The number of ether oxygens (including phenoxy) is 2. The van der Waals surface area contributed by atoms with Crippen molar-refractivity contribution in [3.8, 4) is 11.5 Å². The number of methoxy groups -OCH3 is 1. The first-order chi connectivity index (χ1) is 10.1. The van der Waals surface area contributed by atoms with E-state index in [0.717, 1.165) is 23.1 Å². The summed E-state index contributed by atoms with van der Waals surface area (Å²) in [6.07, 6.45) is 0.777. The number of aryl methyl sites for hydroxylation is 1. The smallest absolute Gasteiger partial charge is 0.161 e. The van der Waals surface area contributed by atoms with E-state index in [0.29, 0.717) is 24.7 Å². The second kappa shape index (κ2) is 7.09. The molecule has 0 aliphatic rings. The van der Waals surface area contributed by atoms with Crippen LogP contribution < -0.4 is 15.2 Å². The fourth-order valence-electron chi connectivity index (χ4n) is 2.11. The summed E-state index contributed by atoms with van der Waals surface area (Å²) in [6, 6.07) is 10.4. The Morgan fingerprint density at radius 3 is 2.62 bits per heavy atom. The first-order valence-electron chi connectivity index (χ1n) is 6.89. The molecule has 2 N–H and O–H groups in total. The molecule has 21 heavy (non-hydrogen) atoms. The molecule has 0 saturated carbocycles. The van der Waals surface area contributed by atoms with Gasteiger partial charge < -0.3 is 15.2 Å². The van der Waals surface area contributed by atoms with Gasteiger partial charge in [0, 0.05) is 0 Å². The number of nitrogens with two attached hydrogens (primary N) is 1. The van der Waals surface area contributed by atoms with Crippen LogP contribution in [0, 0.1) is 12.7 Å². The molecule has 2 aromatic rings. The van der Waals surface area contributed by atoms with Gasteiger partial charge in [0.2, 0.25) is 0 Å². The van der Waals surface area contributed by atoms with E-state index in [-0.39, 0.29) is 5.82 Å². The van der Waals surface area contributed by atoms with E-state index in [1.807, 2.05) is 25.1 Å². The topological polar surface area (TPSA) is 44.5 Å². The van der Waals surface area contributed by atoms with Gasteiger partial charge >= 0.3 is 0 Å². The molecular weight excluding hydrogens is 269 g/mol. The van der Waals surface area contributed by atoms with E-state index in [4.69, 9.17) is 15.2 Å². The maximum absolute atomic E-state index is 13.3. The SMILES string of the molecule is COc1ccc(CCN)cc1OCc1cc(F)ccc1C. The predicted molar refractivity (Wildman–Crippen MR) is 81.2 cm³/mol. The van der Waals surface area contributed by atoms with Crippen LogP contribution in [0.2, 0.25) is 0 Å². The van der Waals surface area contributed by atoms with Crippen molar-refractivity contribution in [3.63, 3.8) is 0 Å². The van der Waals surface area contributed by atoms with Gasteiger partial charge in [-0.1, -0.05) is 12.1 Å². The molecule has 0 spiro atoms. The lowest BCUT2D eigenvalue weighted by atomic mass is 10.1. The minimum atomic E-state index is -0.261. The highest BCUT2D eigenvalue weighted by Gasteiger charge is 2.08. The van der Waals surface area contributed by atoms with Crippen LogP contribution in [0.5, 0.6) is 11.5 Å². The molecule has 0 aliphatic carbocycles. The van der Waals surface area contributed by atoms with Crippen molar-refractivity contribution >= 4 is 0 Å². The van der Waals surface area contributed by atoms with Crippen LogP contribution in [0.3, 0.4) is 0 Å². The van der Waals surface area contributed by atoms with E-state index in [1.54, 1.807) is 13.2 Å². The van der Waals surface area contributed by atoms with Gasteiger partial charge in [-0.3, -0.25) is 0 Å². The number of hydrogen-bond acceptors (Lipinski definition) is 3. The van der Waals surface area contributed by atoms with Gasteiger partial charge in [-0.2, -0.15) is 0 Å². The Balaban J connectivity index is 2.18. The summed E-state index contributed by atoms with van der Waals surface area (Å²) >= 11 is 0.